The number of amides is 2. The average molecular weight is 359 g/mol. The van der Waals surface area contributed by atoms with Gasteiger partial charge in [-0.3, -0.25) is 9.59 Å². The van der Waals surface area contributed by atoms with Crippen LogP contribution in [0.5, 0.6) is 5.75 Å². The number of hydrogen-bond acceptors (Lipinski definition) is 4. The molecular formula is C20H29N3O3. The maximum atomic E-state index is 13.3. The molecule has 142 valence electrons. The van der Waals surface area contributed by atoms with Crippen LogP contribution in [0.4, 0.5) is 0 Å². The zero-order valence-electron chi connectivity index (χ0n) is 15.8. The van der Waals surface area contributed by atoms with Crippen molar-refractivity contribution in [2.75, 3.05) is 20.2 Å². The minimum atomic E-state index is -0.534. The van der Waals surface area contributed by atoms with E-state index in [1.165, 1.54) is 0 Å². The second-order valence-corrected chi connectivity index (χ2v) is 7.52. The Kier molecular flexibility index (Phi) is 5.81. The summed E-state index contributed by atoms with van der Waals surface area (Å²) >= 11 is 0. The molecule has 0 aliphatic carbocycles. The molecule has 0 aromatic heterocycles. The Morgan fingerprint density at radius 3 is 2.65 bits per heavy atom. The summed E-state index contributed by atoms with van der Waals surface area (Å²) in [6.45, 7) is 5.74. The average Bonchev–Trinajstić information content (AvgIpc) is 2.91. The SMILES string of the molecule is COc1ccccc1C(=O)NC(C(=O)N1C2CCNCC1CC2)C(C)C. The van der Waals surface area contributed by atoms with E-state index in [1.807, 2.05) is 24.8 Å². The van der Waals surface area contributed by atoms with Crippen molar-refractivity contribution in [2.24, 2.45) is 5.92 Å². The van der Waals surface area contributed by atoms with Gasteiger partial charge in [0.15, 0.2) is 0 Å². The normalized spacial score (nSPS) is 23.5. The highest BCUT2D eigenvalue weighted by Crippen LogP contribution is 2.29. The van der Waals surface area contributed by atoms with E-state index >= 15 is 0 Å². The number of ether oxygens (including phenoxy) is 1. The molecule has 6 heteroatoms. The molecule has 2 saturated heterocycles. The van der Waals surface area contributed by atoms with Crippen molar-refractivity contribution >= 4 is 11.8 Å². The van der Waals surface area contributed by atoms with E-state index in [4.69, 9.17) is 4.74 Å². The fourth-order valence-electron chi connectivity index (χ4n) is 4.07. The van der Waals surface area contributed by atoms with Gasteiger partial charge < -0.3 is 20.3 Å². The van der Waals surface area contributed by atoms with Crippen LogP contribution in [-0.2, 0) is 4.79 Å². The van der Waals surface area contributed by atoms with Gasteiger partial charge in [0, 0.05) is 18.6 Å². The predicted octanol–water partition coefficient (Wildman–Crippen LogP) is 1.80. The number of nitrogens with zero attached hydrogens (tertiary/aromatic N) is 1. The monoisotopic (exact) mass is 359 g/mol. The minimum Gasteiger partial charge on any atom is -0.496 e. The summed E-state index contributed by atoms with van der Waals surface area (Å²) in [7, 11) is 1.54. The third-order valence-corrected chi connectivity index (χ3v) is 5.48. The number of carbonyl (C=O) groups excluding carboxylic acids is 2. The second-order valence-electron chi connectivity index (χ2n) is 7.52. The van der Waals surface area contributed by atoms with E-state index in [0.29, 0.717) is 11.3 Å². The molecule has 1 aromatic rings. The first-order chi connectivity index (χ1) is 12.5. The summed E-state index contributed by atoms with van der Waals surface area (Å²) < 4.78 is 5.28. The number of para-hydroxylation sites is 1. The molecule has 6 nitrogen and oxygen atoms in total. The summed E-state index contributed by atoms with van der Waals surface area (Å²) in [6.07, 6.45) is 3.07. The van der Waals surface area contributed by atoms with Crippen molar-refractivity contribution in [3.05, 3.63) is 29.8 Å². The molecule has 2 heterocycles. The van der Waals surface area contributed by atoms with Crippen LogP contribution >= 0.6 is 0 Å². The predicted molar refractivity (Wildman–Crippen MR) is 100 cm³/mol. The molecule has 0 saturated carbocycles. The Hall–Kier alpha value is -2.08. The topological polar surface area (TPSA) is 70.7 Å². The van der Waals surface area contributed by atoms with Gasteiger partial charge in [-0.25, -0.2) is 0 Å². The Morgan fingerprint density at radius 1 is 1.19 bits per heavy atom. The third kappa shape index (κ3) is 3.70. The van der Waals surface area contributed by atoms with Crippen LogP contribution in [-0.4, -0.2) is 55.0 Å². The highest BCUT2D eigenvalue weighted by molar-refractivity contribution is 5.99. The van der Waals surface area contributed by atoms with Gasteiger partial charge in [-0.2, -0.15) is 0 Å². The zero-order chi connectivity index (χ0) is 18.7. The number of benzene rings is 1. The molecule has 3 unspecified atom stereocenters. The molecule has 3 atom stereocenters. The smallest absolute Gasteiger partial charge is 0.255 e. The first-order valence-electron chi connectivity index (χ1n) is 9.49. The number of fused-ring (bicyclic) bond motifs is 2. The van der Waals surface area contributed by atoms with E-state index in [9.17, 15) is 9.59 Å². The Balaban J connectivity index is 1.79. The summed E-state index contributed by atoms with van der Waals surface area (Å²) in [5, 5.41) is 6.38. The molecule has 2 aliphatic rings. The van der Waals surface area contributed by atoms with Gasteiger partial charge in [-0.15, -0.1) is 0 Å². The van der Waals surface area contributed by atoms with Gasteiger partial charge in [-0.05, 0) is 43.9 Å². The van der Waals surface area contributed by atoms with Gasteiger partial charge in [0.1, 0.15) is 11.8 Å². The third-order valence-electron chi connectivity index (χ3n) is 5.48. The number of nitrogens with one attached hydrogen (secondary N) is 2. The molecule has 2 amide bonds. The molecule has 1 aromatic carbocycles. The first kappa shape index (κ1) is 18.7. The van der Waals surface area contributed by atoms with Crippen LogP contribution in [0, 0.1) is 5.92 Å². The van der Waals surface area contributed by atoms with E-state index in [1.54, 1.807) is 25.3 Å². The van der Waals surface area contributed by atoms with Crippen molar-refractivity contribution in [3.63, 3.8) is 0 Å². The van der Waals surface area contributed by atoms with Crippen LogP contribution in [0.15, 0.2) is 24.3 Å². The van der Waals surface area contributed by atoms with Crippen LogP contribution in [0.1, 0.15) is 43.5 Å². The lowest BCUT2D eigenvalue weighted by molar-refractivity contribution is -0.137. The fraction of sp³-hybridized carbons (Fsp3) is 0.600. The lowest BCUT2D eigenvalue weighted by Crippen LogP contribution is -2.55. The highest BCUT2D eigenvalue weighted by atomic mass is 16.5. The van der Waals surface area contributed by atoms with Crippen LogP contribution in [0.2, 0.25) is 0 Å². The lowest BCUT2D eigenvalue weighted by atomic mass is 10.0. The Morgan fingerprint density at radius 2 is 1.92 bits per heavy atom. The van der Waals surface area contributed by atoms with E-state index < -0.39 is 6.04 Å². The minimum absolute atomic E-state index is 0.0109. The fourth-order valence-corrected chi connectivity index (χ4v) is 4.07. The maximum Gasteiger partial charge on any atom is 0.255 e. The maximum absolute atomic E-state index is 13.3. The lowest BCUT2D eigenvalue weighted by Gasteiger charge is -2.33. The molecule has 0 spiro atoms. The van der Waals surface area contributed by atoms with Crippen molar-refractivity contribution in [2.45, 2.75) is 51.2 Å². The van der Waals surface area contributed by atoms with Crippen LogP contribution in [0.25, 0.3) is 0 Å². The number of hydrogen-bond donors (Lipinski definition) is 2. The van der Waals surface area contributed by atoms with Gasteiger partial charge in [-0.1, -0.05) is 26.0 Å². The first-order valence-corrected chi connectivity index (χ1v) is 9.49. The van der Waals surface area contributed by atoms with Crippen LogP contribution in [0.3, 0.4) is 0 Å². The number of carbonyl (C=O) groups is 2. The van der Waals surface area contributed by atoms with Crippen molar-refractivity contribution in [1.82, 2.24) is 15.5 Å². The quantitative estimate of drug-likeness (QED) is 0.841. The summed E-state index contributed by atoms with van der Waals surface area (Å²) in [5.74, 6) is 0.296. The number of rotatable bonds is 5. The van der Waals surface area contributed by atoms with Gasteiger partial charge in [0.05, 0.1) is 12.7 Å². The molecule has 26 heavy (non-hydrogen) atoms. The molecule has 2 N–H and O–H groups in total. The zero-order valence-corrected chi connectivity index (χ0v) is 15.8. The van der Waals surface area contributed by atoms with Gasteiger partial charge >= 0.3 is 0 Å². The largest absolute Gasteiger partial charge is 0.496 e. The van der Waals surface area contributed by atoms with Gasteiger partial charge in [0.2, 0.25) is 5.91 Å². The van der Waals surface area contributed by atoms with Crippen molar-refractivity contribution in [3.8, 4) is 5.75 Å². The molecular weight excluding hydrogens is 330 g/mol. The molecule has 2 aliphatic heterocycles. The van der Waals surface area contributed by atoms with Gasteiger partial charge in [0.25, 0.3) is 5.91 Å². The second kappa shape index (κ2) is 8.08. The summed E-state index contributed by atoms with van der Waals surface area (Å²) in [6, 6.07) is 7.07. The highest BCUT2D eigenvalue weighted by Gasteiger charge is 2.41. The van der Waals surface area contributed by atoms with Crippen LogP contribution < -0.4 is 15.4 Å². The standard InChI is InChI=1S/C20H29N3O3/c1-13(2)18(22-19(24)16-6-4-5-7-17(16)26-3)20(25)23-14-8-9-15(23)12-21-11-10-14/h4-7,13-15,18,21H,8-12H2,1-3H3,(H,22,24). The summed E-state index contributed by atoms with van der Waals surface area (Å²) in [4.78, 5) is 28.2. The molecule has 3 rings (SSSR count). The molecule has 2 bridgehead atoms. The van der Waals surface area contributed by atoms with E-state index in [2.05, 4.69) is 10.6 Å². The van der Waals surface area contributed by atoms with E-state index in [-0.39, 0.29) is 29.8 Å². The number of methoxy groups -OCH3 is 1. The molecule has 0 radical (unpaired) electrons. The Bertz CT molecular complexity index is 647. The van der Waals surface area contributed by atoms with E-state index in [0.717, 1.165) is 32.4 Å². The summed E-state index contributed by atoms with van der Waals surface area (Å²) in [5.41, 5.74) is 0.453. The molecule has 2 fully saturated rings. The van der Waals surface area contributed by atoms with Crippen molar-refractivity contribution in [1.29, 1.82) is 0 Å². The van der Waals surface area contributed by atoms with Crippen molar-refractivity contribution < 1.29 is 14.3 Å². The Labute approximate surface area is 155 Å².